The molecule has 1 saturated heterocycles. The van der Waals surface area contributed by atoms with E-state index < -0.39 is 5.23 Å². The molecule has 7 nitrogen and oxygen atoms in total. The summed E-state index contributed by atoms with van der Waals surface area (Å²) in [6.07, 6.45) is 0. The van der Waals surface area contributed by atoms with Gasteiger partial charge in [-0.15, -0.1) is 0 Å². The van der Waals surface area contributed by atoms with E-state index in [0.717, 1.165) is 18.8 Å². The van der Waals surface area contributed by atoms with Crippen molar-refractivity contribution in [1.82, 2.24) is 0 Å². The van der Waals surface area contributed by atoms with Crippen LogP contribution in [0, 0.1) is 5.21 Å². The second-order valence-electron chi connectivity index (χ2n) is 4.59. The molecule has 0 aromatic heterocycles. The minimum Gasteiger partial charge on any atom is -0.595 e. The zero-order valence-corrected chi connectivity index (χ0v) is 12.4. The maximum Gasteiger partial charge on any atom is 0.210 e. The molecule has 0 bridgehead atoms. The van der Waals surface area contributed by atoms with Gasteiger partial charge >= 0.3 is 0 Å². The fraction of sp³-hybridized carbons (Fsp3) is 0.571. The number of morpholine rings is 1. The highest BCUT2D eigenvalue weighted by molar-refractivity contribution is 5.68. The minimum atomic E-state index is -1.02. The molecule has 118 valence electrons. The second kappa shape index (κ2) is 7.46. The largest absolute Gasteiger partial charge is 0.595 e. The van der Waals surface area contributed by atoms with E-state index in [-0.39, 0.29) is 5.69 Å². The Morgan fingerprint density at radius 1 is 1.19 bits per heavy atom. The molecule has 0 radical (unpaired) electrons. The highest BCUT2D eigenvalue weighted by atomic mass is 16.8. The molecule has 1 heterocycles. The van der Waals surface area contributed by atoms with E-state index in [1.165, 1.54) is 0 Å². The summed E-state index contributed by atoms with van der Waals surface area (Å²) >= 11 is 0. The summed E-state index contributed by atoms with van der Waals surface area (Å²) < 4.78 is 16.4. The Hall–Kier alpha value is -1.54. The second-order valence-corrected chi connectivity index (χ2v) is 4.59. The van der Waals surface area contributed by atoms with Gasteiger partial charge in [0.2, 0.25) is 5.69 Å². The zero-order chi connectivity index (χ0) is 15.2. The van der Waals surface area contributed by atoms with Gasteiger partial charge in [-0.25, -0.2) is 5.21 Å². The first-order chi connectivity index (χ1) is 10.2. The lowest BCUT2D eigenvalue weighted by Gasteiger charge is -2.31. The SMILES string of the molecule is CCOc1cc([NH+]([O-])O)c(OCC)cc1N1CCOCC1. The van der Waals surface area contributed by atoms with Crippen molar-refractivity contribution in [1.29, 1.82) is 0 Å². The molecule has 2 rings (SSSR count). The predicted octanol–water partition coefficient (Wildman–Crippen LogP) is 0.724. The quantitative estimate of drug-likeness (QED) is 0.754. The van der Waals surface area contributed by atoms with E-state index in [1.54, 1.807) is 12.1 Å². The number of anilines is 1. The van der Waals surface area contributed by atoms with Crippen LogP contribution in [0.4, 0.5) is 11.4 Å². The van der Waals surface area contributed by atoms with Crippen molar-refractivity contribution in [3.8, 4) is 11.5 Å². The third-order valence-corrected chi connectivity index (χ3v) is 3.24. The van der Waals surface area contributed by atoms with E-state index in [1.807, 2.05) is 13.8 Å². The Balaban J connectivity index is 2.41. The van der Waals surface area contributed by atoms with Gasteiger partial charge < -0.3 is 24.3 Å². The number of benzene rings is 1. The fourth-order valence-corrected chi connectivity index (χ4v) is 2.31. The van der Waals surface area contributed by atoms with Crippen molar-refractivity contribution in [3.63, 3.8) is 0 Å². The van der Waals surface area contributed by atoms with Crippen molar-refractivity contribution >= 4 is 11.4 Å². The lowest BCUT2D eigenvalue weighted by Crippen LogP contribution is -2.99. The van der Waals surface area contributed by atoms with Crippen LogP contribution in [0.3, 0.4) is 0 Å². The van der Waals surface area contributed by atoms with E-state index in [4.69, 9.17) is 14.2 Å². The highest BCUT2D eigenvalue weighted by Gasteiger charge is 2.22. The highest BCUT2D eigenvalue weighted by Crippen LogP contribution is 2.37. The Morgan fingerprint density at radius 3 is 2.38 bits per heavy atom. The van der Waals surface area contributed by atoms with Crippen molar-refractivity contribution in [2.24, 2.45) is 0 Å². The summed E-state index contributed by atoms with van der Waals surface area (Å²) in [6.45, 7) is 7.39. The molecule has 0 saturated carbocycles. The number of hydrogen-bond donors (Lipinski definition) is 2. The Labute approximate surface area is 124 Å². The number of rotatable bonds is 6. The molecule has 1 fully saturated rings. The summed E-state index contributed by atoms with van der Waals surface area (Å²) in [6, 6.07) is 3.30. The van der Waals surface area contributed by atoms with E-state index in [2.05, 4.69) is 4.90 Å². The van der Waals surface area contributed by atoms with Crippen LogP contribution in [0.1, 0.15) is 13.8 Å². The lowest BCUT2D eigenvalue weighted by molar-refractivity contribution is -0.991. The van der Waals surface area contributed by atoms with Gasteiger partial charge in [-0.05, 0) is 13.8 Å². The Bertz CT molecular complexity index is 461. The molecule has 21 heavy (non-hydrogen) atoms. The molecular formula is C14H22N2O5. The van der Waals surface area contributed by atoms with Crippen LogP contribution in [-0.4, -0.2) is 44.7 Å². The van der Waals surface area contributed by atoms with Gasteiger partial charge in [0.15, 0.2) is 5.75 Å². The molecule has 0 aliphatic carbocycles. The van der Waals surface area contributed by atoms with Gasteiger partial charge in [-0.1, -0.05) is 0 Å². The smallest absolute Gasteiger partial charge is 0.210 e. The third kappa shape index (κ3) is 3.76. The van der Waals surface area contributed by atoms with Gasteiger partial charge in [0.05, 0.1) is 38.2 Å². The van der Waals surface area contributed by atoms with Crippen molar-refractivity contribution < 1.29 is 24.6 Å². The number of nitrogens with one attached hydrogen (secondary N) is 1. The van der Waals surface area contributed by atoms with E-state index in [9.17, 15) is 10.4 Å². The molecule has 0 amide bonds. The first kappa shape index (κ1) is 15.8. The van der Waals surface area contributed by atoms with E-state index in [0.29, 0.717) is 37.9 Å². The molecule has 1 aromatic carbocycles. The van der Waals surface area contributed by atoms with Gasteiger partial charge in [-0.2, -0.15) is 5.23 Å². The van der Waals surface area contributed by atoms with Crippen molar-refractivity contribution in [3.05, 3.63) is 17.3 Å². The molecule has 7 heteroatoms. The van der Waals surface area contributed by atoms with Crippen LogP contribution in [0.15, 0.2) is 12.1 Å². The predicted molar refractivity (Wildman–Crippen MR) is 77.6 cm³/mol. The Morgan fingerprint density at radius 2 is 1.81 bits per heavy atom. The van der Waals surface area contributed by atoms with Crippen LogP contribution in [-0.2, 0) is 4.74 Å². The van der Waals surface area contributed by atoms with Crippen LogP contribution in [0.5, 0.6) is 11.5 Å². The van der Waals surface area contributed by atoms with Crippen molar-refractivity contribution in [2.75, 3.05) is 44.4 Å². The van der Waals surface area contributed by atoms with Crippen LogP contribution < -0.4 is 19.6 Å². The van der Waals surface area contributed by atoms with Crippen LogP contribution in [0.25, 0.3) is 0 Å². The maximum atomic E-state index is 11.4. The van der Waals surface area contributed by atoms with Crippen LogP contribution >= 0.6 is 0 Å². The molecule has 1 aliphatic heterocycles. The average molecular weight is 298 g/mol. The molecular weight excluding hydrogens is 276 g/mol. The first-order valence-electron chi connectivity index (χ1n) is 7.17. The summed E-state index contributed by atoms with van der Waals surface area (Å²) in [5, 5.41) is 19.7. The number of ether oxygens (including phenoxy) is 3. The normalized spacial score (nSPS) is 16.7. The molecule has 1 atom stereocenters. The third-order valence-electron chi connectivity index (χ3n) is 3.24. The molecule has 1 aliphatic rings. The molecule has 1 aromatic rings. The van der Waals surface area contributed by atoms with Crippen LogP contribution in [0.2, 0.25) is 0 Å². The standard InChI is InChI=1S/C14H22N2O5/c1-3-20-13-10-12(16(17)18)14(21-4-2)9-11(13)15-5-7-19-8-6-15/h9-10,16-17H,3-8H2,1-2H3. The zero-order valence-electron chi connectivity index (χ0n) is 12.4. The monoisotopic (exact) mass is 298 g/mol. The van der Waals surface area contributed by atoms with Crippen molar-refractivity contribution in [2.45, 2.75) is 13.8 Å². The number of nitrogens with zero attached hydrogens (tertiary/aromatic N) is 1. The fourth-order valence-electron chi connectivity index (χ4n) is 2.31. The summed E-state index contributed by atoms with van der Waals surface area (Å²) in [7, 11) is 0. The van der Waals surface area contributed by atoms with Gasteiger partial charge in [0, 0.05) is 19.2 Å². The average Bonchev–Trinajstić information content (AvgIpc) is 2.49. The maximum absolute atomic E-state index is 11.4. The first-order valence-corrected chi connectivity index (χ1v) is 7.17. The van der Waals surface area contributed by atoms with E-state index >= 15 is 0 Å². The number of hydrogen-bond acceptors (Lipinski definition) is 6. The summed E-state index contributed by atoms with van der Waals surface area (Å²) in [4.78, 5) is 2.13. The lowest BCUT2D eigenvalue weighted by atomic mass is 10.2. The minimum absolute atomic E-state index is 0.123. The van der Waals surface area contributed by atoms with Gasteiger partial charge in [-0.3, -0.25) is 0 Å². The molecule has 2 N–H and O–H groups in total. The summed E-state index contributed by atoms with van der Waals surface area (Å²) in [5.74, 6) is 0.940. The topological polar surface area (TPSA) is 78.7 Å². The number of quaternary nitrogens is 1. The van der Waals surface area contributed by atoms with Gasteiger partial charge in [0.1, 0.15) is 5.75 Å². The van der Waals surface area contributed by atoms with Gasteiger partial charge in [0.25, 0.3) is 0 Å². The Kier molecular flexibility index (Phi) is 5.63. The molecule has 1 unspecified atom stereocenters. The summed E-state index contributed by atoms with van der Waals surface area (Å²) in [5.41, 5.74) is 0.978. The molecule has 0 spiro atoms.